The molecule has 2 fully saturated rings. The predicted molar refractivity (Wildman–Crippen MR) is 99.0 cm³/mol. The molecule has 2 aliphatic rings. The van der Waals surface area contributed by atoms with Gasteiger partial charge in [-0.25, -0.2) is 14.6 Å². The lowest BCUT2D eigenvalue weighted by Crippen LogP contribution is -2.25. The van der Waals surface area contributed by atoms with E-state index in [1.165, 1.54) is 0 Å². The Morgan fingerprint density at radius 2 is 2.07 bits per heavy atom. The van der Waals surface area contributed by atoms with Crippen LogP contribution in [0.4, 0.5) is 11.6 Å². The van der Waals surface area contributed by atoms with Crippen LogP contribution in [0.2, 0.25) is 0 Å². The molecule has 5 rings (SSSR count). The highest BCUT2D eigenvalue weighted by molar-refractivity contribution is 5.75. The van der Waals surface area contributed by atoms with Crippen molar-refractivity contribution in [2.24, 2.45) is 5.92 Å². The Morgan fingerprint density at radius 3 is 2.85 bits per heavy atom. The van der Waals surface area contributed by atoms with Crippen LogP contribution in [0.1, 0.15) is 30.1 Å². The van der Waals surface area contributed by atoms with Gasteiger partial charge in [-0.1, -0.05) is 0 Å². The molecule has 27 heavy (non-hydrogen) atoms. The van der Waals surface area contributed by atoms with Gasteiger partial charge in [0.2, 0.25) is 0 Å². The Bertz CT molecular complexity index is 940. The summed E-state index contributed by atoms with van der Waals surface area (Å²) in [5.74, 6) is 2.37. The van der Waals surface area contributed by atoms with Crippen LogP contribution in [0.25, 0.3) is 11.2 Å². The van der Waals surface area contributed by atoms with Gasteiger partial charge in [-0.05, 0) is 25.7 Å². The molecule has 0 radical (unpaired) electrons. The Hall–Kier alpha value is -2.52. The number of anilines is 2. The van der Waals surface area contributed by atoms with Crippen molar-refractivity contribution >= 4 is 22.8 Å². The summed E-state index contributed by atoms with van der Waals surface area (Å²) in [6.45, 7) is 5.98. The molecule has 9 heteroatoms. The number of fused-ring (bicyclic) bond motifs is 1. The minimum absolute atomic E-state index is 0.408. The van der Waals surface area contributed by atoms with E-state index in [1.807, 2.05) is 17.7 Å². The molecule has 3 aromatic heterocycles. The maximum atomic E-state index is 5.46. The Balaban J connectivity index is 1.38. The number of H-pyrrole nitrogens is 1. The van der Waals surface area contributed by atoms with Crippen LogP contribution >= 0.6 is 0 Å². The van der Waals surface area contributed by atoms with Crippen LogP contribution in [0.3, 0.4) is 0 Å². The van der Waals surface area contributed by atoms with E-state index in [1.54, 1.807) is 6.20 Å². The minimum Gasteiger partial charge on any atom is -0.381 e. The fraction of sp³-hybridized carbons (Fsp3) is 0.556. The molecule has 0 amide bonds. The molecular formula is C18H23N7O2. The zero-order valence-corrected chi connectivity index (χ0v) is 15.3. The number of ether oxygens (including phenoxy) is 2. The molecule has 0 atom stereocenters. The van der Waals surface area contributed by atoms with E-state index in [0.29, 0.717) is 17.7 Å². The molecule has 0 spiro atoms. The van der Waals surface area contributed by atoms with E-state index in [-0.39, 0.29) is 0 Å². The van der Waals surface area contributed by atoms with Crippen molar-refractivity contribution in [2.45, 2.75) is 32.2 Å². The lowest BCUT2D eigenvalue weighted by atomic mass is 10.0. The van der Waals surface area contributed by atoms with E-state index in [2.05, 4.69) is 25.6 Å². The molecule has 3 aromatic rings. The lowest BCUT2D eigenvalue weighted by molar-refractivity contribution is 0.00670. The SMILES string of the molecule is Cc1nn(CC2CCOCC2)c2nc(Nc3cc(C4COC4)[nH]n3)cnc12. The van der Waals surface area contributed by atoms with Crippen molar-refractivity contribution in [3.63, 3.8) is 0 Å². The second-order valence-electron chi connectivity index (χ2n) is 7.32. The molecule has 2 N–H and O–H groups in total. The smallest absolute Gasteiger partial charge is 0.179 e. The van der Waals surface area contributed by atoms with Crippen molar-refractivity contribution in [3.05, 3.63) is 23.7 Å². The van der Waals surface area contributed by atoms with Gasteiger partial charge in [0.05, 0.1) is 25.1 Å². The largest absolute Gasteiger partial charge is 0.381 e. The molecule has 142 valence electrons. The van der Waals surface area contributed by atoms with Gasteiger partial charge in [-0.2, -0.15) is 10.2 Å². The Labute approximate surface area is 156 Å². The maximum Gasteiger partial charge on any atom is 0.179 e. The first kappa shape index (κ1) is 16.6. The van der Waals surface area contributed by atoms with E-state index in [0.717, 1.165) is 74.2 Å². The van der Waals surface area contributed by atoms with Crippen LogP contribution in [-0.2, 0) is 16.0 Å². The number of aryl methyl sites for hydroxylation is 1. The van der Waals surface area contributed by atoms with Gasteiger partial charge in [0, 0.05) is 37.4 Å². The molecule has 0 aromatic carbocycles. The number of hydrogen-bond acceptors (Lipinski definition) is 7. The number of rotatable bonds is 5. The number of hydrogen-bond donors (Lipinski definition) is 2. The summed E-state index contributed by atoms with van der Waals surface area (Å²) in [5.41, 5.74) is 3.65. The summed E-state index contributed by atoms with van der Waals surface area (Å²) in [6.07, 6.45) is 3.86. The molecular weight excluding hydrogens is 346 g/mol. The predicted octanol–water partition coefficient (Wildman–Crippen LogP) is 2.14. The lowest BCUT2D eigenvalue weighted by Gasteiger charge is -2.24. The van der Waals surface area contributed by atoms with Gasteiger partial charge in [-0.15, -0.1) is 0 Å². The highest BCUT2D eigenvalue weighted by Crippen LogP contribution is 2.26. The molecule has 2 saturated heterocycles. The van der Waals surface area contributed by atoms with Crippen molar-refractivity contribution in [2.75, 3.05) is 31.7 Å². The van der Waals surface area contributed by atoms with Crippen LogP contribution in [0.15, 0.2) is 12.3 Å². The molecule has 0 bridgehead atoms. The Morgan fingerprint density at radius 1 is 1.22 bits per heavy atom. The van der Waals surface area contributed by atoms with Gasteiger partial charge in [0.1, 0.15) is 5.52 Å². The van der Waals surface area contributed by atoms with E-state index >= 15 is 0 Å². The maximum absolute atomic E-state index is 5.46. The van der Waals surface area contributed by atoms with Crippen LogP contribution in [0.5, 0.6) is 0 Å². The molecule has 0 saturated carbocycles. The first-order valence-electron chi connectivity index (χ1n) is 9.44. The standard InChI is InChI=1S/C18H23N7O2/c1-11-17-18(25(24-11)8-12-2-4-26-5-3-12)21-16(7-19-17)20-15-6-14(22-23-15)13-9-27-10-13/h6-7,12-13H,2-5,8-10H2,1H3,(H2,20,21,22,23). The summed E-state index contributed by atoms with van der Waals surface area (Å²) < 4.78 is 12.7. The quantitative estimate of drug-likeness (QED) is 0.710. The molecule has 9 nitrogen and oxygen atoms in total. The van der Waals surface area contributed by atoms with Crippen molar-refractivity contribution < 1.29 is 9.47 Å². The normalized spacial score (nSPS) is 18.7. The topological polar surface area (TPSA) is 103 Å². The van der Waals surface area contributed by atoms with Crippen LogP contribution < -0.4 is 5.32 Å². The summed E-state index contributed by atoms with van der Waals surface area (Å²) >= 11 is 0. The van der Waals surface area contributed by atoms with Gasteiger partial charge in [0.25, 0.3) is 0 Å². The fourth-order valence-corrected chi connectivity index (χ4v) is 3.61. The van der Waals surface area contributed by atoms with E-state index in [4.69, 9.17) is 14.5 Å². The van der Waals surface area contributed by atoms with Gasteiger partial charge >= 0.3 is 0 Å². The summed E-state index contributed by atoms with van der Waals surface area (Å²) in [6, 6.07) is 2.00. The second-order valence-corrected chi connectivity index (χ2v) is 7.32. The third-order valence-electron chi connectivity index (χ3n) is 5.32. The van der Waals surface area contributed by atoms with Crippen molar-refractivity contribution in [1.29, 1.82) is 0 Å². The van der Waals surface area contributed by atoms with Gasteiger partial charge in [-0.3, -0.25) is 5.10 Å². The van der Waals surface area contributed by atoms with Gasteiger partial charge in [0.15, 0.2) is 17.3 Å². The zero-order chi connectivity index (χ0) is 18.2. The monoisotopic (exact) mass is 369 g/mol. The third-order valence-corrected chi connectivity index (χ3v) is 5.32. The summed E-state index contributed by atoms with van der Waals surface area (Å²) in [7, 11) is 0. The van der Waals surface area contributed by atoms with Crippen LogP contribution in [-0.4, -0.2) is 56.4 Å². The molecule has 0 unspecified atom stereocenters. The first-order chi connectivity index (χ1) is 13.3. The molecule has 0 aliphatic carbocycles. The number of nitrogens with one attached hydrogen (secondary N) is 2. The molecule has 5 heterocycles. The third kappa shape index (κ3) is 3.28. The van der Waals surface area contributed by atoms with Crippen molar-refractivity contribution in [1.82, 2.24) is 29.9 Å². The number of aromatic nitrogens is 6. The van der Waals surface area contributed by atoms with Crippen molar-refractivity contribution in [3.8, 4) is 0 Å². The second kappa shape index (κ2) is 6.90. The molecule has 2 aliphatic heterocycles. The summed E-state index contributed by atoms with van der Waals surface area (Å²) in [5, 5.41) is 15.3. The van der Waals surface area contributed by atoms with Crippen LogP contribution in [0, 0.1) is 12.8 Å². The zero-order valence-electron chi connectivity index (χ0n) is 15.3. The highest BCUT2D eigenvalue weighted by Gasteiger charge is 2.23. The van der Waals surface area contributed by atoms with E-state index < -0.39 is 0 Å². The highest BCUT2D eigenvalue weighted by atomic mass is 16.5. The minimum atomic E-state index is 0.408. The van der Waals surface area contributed by atoms with E-state index in [9.17, 15) is 0 Å². The Kier molecular flexibility index (Phi) is 4.25. The average molecular weight is 369 g/mol. The number of aromatic amines is 1. The number of nitrogens with zero attached hydrogens (tertiary/aromatic N) is 5. The average Bonchev–Trinajstić information content (AvgIpc) is 3.20. The summed E-state index contributed by atoms with van der Waals surface area (Å²) in [4.78, 5) is 9.33. The fourth-order valence-electron chi connectivity index (χ4n) is 3.61. The first-order valence-corrected chi connectivity index (χ1v) is 9.44. The van der Waals surface area contributed by atoms with Gasteiger partial charge < -0.3 is 14.8 Å².